The lowest BCUT2D eigenvalue weighted by Crippen LogP contribution is -1.89. The number of hydrazone groups is 1. The van der Waals surface area contributed by atoms with E-state index in [0.29, 0.717) is 0 Å². The van der Waals surface area contributed by atoms with E-state index in [1.807, 2.05) is 6.19 Å². The van der Waals surface area contributed by atoms with Crippen LogP contribution in [0.15, 0.2) is 5.10 Å². The minimum absolute atomic E-state index is 0.827. The van der Waals surface area contributed by atoms with Crippen molar-refractivity contribution in [3.8, 4) is 6.19 Å². The van der Waals surface area contributed by atoms with Crippen LogP contribution in [0, 0.1) is 11.5 Å². The highest BCUT2D eigenvalue weighted by molar-refractivity contribution is 7.98. The minimum Gasteiger partial charge on any atom is -0.170 e. The van der Waals surface area contributed by atoms with Gasteiger partial charge in [0.15, 0.2) is 0 Å². The third kappa shape index (κ3) is 0.842. The van der Waals surface area contributed by atoms with Crippen LogP contribution < -0.4 is 0 Å². The zero-order chi connectivity index (χ0) is 5.11. The molecule has 0 saturated carbocycles. The fraction of sp³-hybridized carbons (Fsp3) is 0.333. The van der Waals surface area contributed by atoms with Crippen LogP contribution in [0.2, 0.25) is 0 Å². The van der Waals surface area contributed by atoms with E-state index in [2.05, 4.69) is 5.10 Å². The SMILES string of the molecule is N#CN1N=CCS1. The van der Waals surface area contributed by atoms with Gasteiger partial charge in [-0.05, 0) is 11.9 Å². The summed E-state index contributed by atoms with van der Waals surface area (Å²) in [6.45, 7) is 0. The Morgan fingerprint density at radius 3 is 3.14 bits per heavy atom. The fourth-order valence-corrected chi connectivity index (χ4v) is 0.765. The summed E-state index contributed by atoms with van der Waals surface area (Å²) in [5.74, 6) is 0.827. The molecule has 0 spiro atoms. The molecule has 1 aliphatic rings. The van der Waals surface area contributed by atoms with E-state index in [-0.39, 0.29) is 0 Å². The molecule has 1 rings (SSSR count). The van der Waals surface area contributed by atoms with Crippen molar-refractivity contribution in [2.45, 2.75) is 0 Å². The standard InChI is InChI=1S/C3H3N3S/c4-3-6-5-1-2-7-6/h1H,2H2. The molecule has 0 saturated heterocycles. The van der Waals surface area contributed by atoms with Crippen molar-refractivity contribution in [2.24, 2.45) is 5.10 Å². The van der Waals surface area contributed by atoms with Crippen molar-refractivity contribution >= 4 is 18.2 Å². The first-order valence-electron chi connectivity index (χ1n) is 1.78. The lowest BCUT2D eigenvalue weighted by molar-refractivity contribution is 0.715. The maximum Gasteiger partial charge on any atom is 0.213 e. The van der Waals surface area contributed by atoms with Crippen LogP contribution in [-0.4, -0.2) is 16.4 Å². The topological polar surface area (TPSA) is 39.4 Å². The second-order valence-corrected chi connectivity index (χ2v) is 1.90. The van der Waals surface area contributed by atoms with Crippen LogP contribution in [0.1, 0.15) is 0 Å². The second kappa shape index (κ2) is 1.85. The number of nitriles is 1. The van der Waals surface area contributed by atoms with Gasteiger partial charge in [-0.15, -0.1) is 4.41 Å². The maximum absolute atomic E-state index is 8.11. The van der Waals surface area contributed by atoms with Gasteiger partial charge in [0.2, 0.25) is 6.19 Å². The summed E-state index contributed by atoms with van der Waals surface area (Å²) >= 11 is 1.39. The predicted molar refractivity (Wildman–Crippen MR) is 28.4 cm³/mol. The maximum atomic E-state index is 8.11. The molecule has 4 heteroatoms. The minimum atomic E-state index is 0.827. The van der Waals surface area contributed by atoms with Crippen molar-refractivity contribution in [1.82, 2.24) is 4.41 Å². The van der Waals surface area contributed by atoms with Gasteiger partial charge in [0.1, 0.15) is 0 Å². The summed E-state index contributed by atoms with van der Waals surface area (Å²) in [4.78, 5) is 0. The Kier molecular flexibility index (Phi) is 1.18. The Labute approximate surface area is 45.7 Å². The normalized spacial score (nSPS) is 17.3. The predicted octanol–water partition coefficient (Wildman–Crippen LogP) is 0.417. The van der Waals surface area contributed by atoms with Crippen LogP contribution in [0.5, 0.6) is 0 Å². The quantitative estimate of drug-likeness (QED) is 0.337. The summed E-state index contributed by atoms with van der Waals surface area (Å²) in [7, 11) is 0. The van der Waals surface area contributed by atoms with Crippen LogP contribution in [0.25, 0.3) is 0 Å². The van der Waals surface area contributed by atoms with Crippen LogP contribution in [0.3, 0.4) is 0 Å². The van der Waals surface area contributed by atoms with Crippen molar-refractivity contribution in [1.29, 1.82) is 5.26 Å². The lowest BCUT2D eigenvalue weighted by Gasteiger charge is -1.93. The molecule has 0 atom stereocenters. The zero-order valence-corrected chi connectivity index (χ0v) is 4.35. The van der Waals surface area contributed by atoms with Gasteiger partial charge in [-0.3, -0.25) is 0 Å². The molecule has 0 N–H and O–H groups in total. The van der Waals surface area contributed by atoms with Gasteiger partial charge in [-0.25, -0.2) is 0 Å². The largest absolute Gasteiger partial charge is 0.213 e. The molecule has 0 unspecified atom stereocenters. The molecule has 3 nitrogen and oxygen atoms in total. The monoisotopic (exact) mass is 113 g/mol. The highest BCUT2D eigenvalue weighted by Crippen LogP contribution is 2.11. The van der Waals surface area contributed by atoms with Crippen molar-refractivity contribution in [3.63, 3.8) is 0 Å². The Morgan fingerprint density at radius 2 is 2.86 bits per heavy atom. The highest BCUT2D eigenvalue weighted by Gasteiger charge is 2.01. The summed E-state index contributed by atoms with van der Waals surface area (Å²) < 4.78 is 1.28. The first-order valence-corrected chi connectivity index (χ1v) is 2.73. The van der Waals surface area contributed by atoms with Crippen LogP contribution >= 0.6 is 11.9 Å². The average Bonchev–Trinajstić information content (AvgIpc) is 2.14. The smallest absolute Gasteiger partial charge is 0.170 e. The molecule has 0 aromatic carbocycles. The van der Waals surface area contributed by atoms with Crippen molar-refractivity contribution < 1.29 is 0 Å². The molecule has 0 bridgehead atoms. The second-order valence-electron chi connectivity index (χ2n) is 0.967. The summed E-state index contributed by atoms with van der Waals surface area (Å²) in [5, 5.41) is 11.8. The van der Waals surface area contributed by atoms with E-state index >= 15 is 0 Å². The number of rotatable bonds is 0. The van der Waals surface area contributed by atoms with Crippen LogP contribution in [0.4, 0.5) is 0 Å². The lowest BCUT2D eigenvalue weighted by atomic mass is 10.9. The van der Waals surface area contributed by atoms with Gasteiger partial charge in [0.25, 0.3) is 0 Å². The van der Waals surface area contributed by atoms with Gasteiger partial charge in [-0.1, -0.05) is 0 Å². The molecule has 0 aromatic heterocycles. The molecule has 0 fully saturated rings. The molecule has 1 heterocycles. The Bertz CT molecular complexity index is 125. The van der Waals surface area contributed by atoms with E-state index < -0.39 is 0 Å². The summed E-state index contributed by atoms with van der Waals surface area (Å²) in [5.41, 5.74) is 0. The summed E-state index contributed by atoms with van der Waals surface area (Å²) in [6.07, 6.45) is 3.56. The Morgan fingerprint density at radius 1 is 2.00 bits per heavy atom. The van der Waals surface area contributed by atoms with E-state index in [1.54, 1.807) is 6.21 Å². The summed E-state index contributed by atoms with van der Waals surface area (Å²) in [6, 6.07) is 0. The Hall–Kier alpha value is -0.690. The van der Waals surface area contributed by atoms with Gasteiger partial charge in [-0.2, -0.15) is 10.4 Å². The zero-order valence-electron chi connectivity index (χ0n) is 3.53. The van der Waals surface area contributed by atoms with Gasteiger partial charge in [0, 0.05) is 6.21 Å². The third-order valence-electron chi connectivity index (χ3n) is 0.543. The molecule has 1 aliphatic heterocycles. The van der Waals surface area contributed by atoms with E-state index in [0.717, 1.165) is 5.75 Å². The molecular formula is C3H3N3S. The third-order valence-corrected chi connectivity index (χ3v) is 1.26. The molecule has 0 aromatic rings. The number of hydrogen-bond acceptors (Lipinski definition) is 4. The number of nitrogens with zero attached hydrogens (tertiary/aromatic N) is 3. The van der Waals surface area contributed by atoms with Crippen molar-refractivity contribution in [2.75, 3.05) is 5.75 Å². The number of hydrogen-bond donors (Lipinski definition) is 0. The van der Waals surface area contributed by atoms with Gasteiger partial charge < -0.3 is 0 Å². The fourth-order valence-electron chi connectivity index (χ4n) is 0.299. The average molecular weight is 113 g/mol. The molecule has 0 amide bonds. The Balaban J connectivity index is 2.47. The first-order chi connectivity index (χ1) is 3.43. The molecule has 0 radical (unpaired) electrons. The van der Waals surface area contributed by atoms with Gasteiger partial charge in [0.05, 0.1) is 5.75 Å². The highest BCUT2D eigenvalue weighted by atomic mass is 32.2. The van der Waals surface area contributed by atoms with E-state index in [4.69, 9.17) is 5.26 Å². The molecule has 36 valence electrons. The van der Waals surface area contributed by atoms with Crippen LogP contribution in [-0.2, 0) is 0 Å². The molecule has 0 aliphatic carbocycles. The molecular weight excluding hydrogens is 110 g/mol. The van der Waals surface area contributed by atoms with Gasteiger partial charge >= 0.3 is 0 Å². The first kappa shape index (κ1) is 4.47. The van der Waals surface area contributed by atoms with E-state index in [9.17, 15) is 0 Å². The molecule has 7 heavy (non-hydrogen) atoms. The van der Waals surface area contributed by atoms with Crippen molar-refractivity contribution in [3.05, 3.63) is 0 Å². The van der Waals surface area contributed by atoms with E-state index in [1.165, 1.54) is 16.4 Å².